The number of nitrogens with zero attached hydrogens (tertiary/aromatic N) is 2. The van der Waals surface area contributed by atoms with Gasteiger partial charge in [-0.2, -0.15) is 0 Å². The molecule has 0 aliphatic carbocycles. The van der Waals surface area contributed by atoms with Crippen molar-refractivity contribution in [1.82, 2.24) is 4.90 Å². The van der Waals surface area contributed by atoms with Crippen molar-refractivity contribution in [3.63, 3.8) is 0 Å². The summed E-state index contributed by atoms with van der Waals surface area (Å²) in [5.41, 5.74) is -0.369. The molecule has 0 saturated carbocycles. The number of aliphatic hydroxyl groups excluding tert-OH is 1. The molecule has 1 N–H and O–H groups in total. The zero-order valence-corrected chi connectivity index (χ0v) is 11.5. The van der Waals surface area contributed by atoms with Crippen LogP contribution in [0.3, 0.4) is 0 Å². The molecule has 0 heterocycles. The summed E-state index contributed by atoms with van der Waals surface area (Å²) in [6, 6.07) is 4.27. The molecule has 0 atom stereocenters. The summed E-state index contributed by atoms with van der Waals surface area (Å²) in [7, 11) is 0. The maximum atomic E-state index is 12.4. The van der Waals surface area contributed by atoms with E-state index < -0.39 is 10.8 Å². The van der Waals surface area contributed by atoms with Crippen LogP contribution in [-0.2, 0) is 0 Å². The highest BCUT2D eigenvalue weighted by Gasteiger charge is 2.28. The van der Waals surface area contributed by atoms with Crippen LogP contribution in [0.2, 0.25) is 0 Å². The van der Waals surface area contributed by atoms with Crippen molar-refractivity contribution in [1.29, 1.82) is 0 Å². The number of hydrogen-bond acceptors (Lipinski definition) is 5. The number of ether oxygens (including phenoxy) is 1. The van der Waals surface area contributed by atoms with E-state index in [1.54, 1.807) is 13.8 Å². The Morgan fingerprint density at radius 3 is 2.65 bits per heavy atom. The topological polar surface area (TPSA) is 92.9 Å². The molecular formula is C13H18N2O5. The predicted molar refractivity (Wildman–Crippen MR) is 72.9 cm³/mol. The highest BCUT2D eigenvalue weighted by atomic mass is 16.6. The van der Waals surface area contributed by atoms with Crippen LogP contribution in [0.15, 0.2) is 18.2 Å². The summed E-state index contributed by atoms with van der Waals surface area (Å²) in [6.45, 7) is 4.03. The molecule has 0 unspecified atom stereocenters. The average Bonchev–Trinajstić information content (AvgIpc) is 2.44. The number of aliphatic hydroxyl groups is 1. The van der Waals surface area contributed by atoms with Crippen molar-refractivity contribution in [2.45, 2.75) is 13.8 Å². The maximum absolute atomic E-state index is 12.4. The molecule has 1 rings (SSSR count). The molecule has 1 amide bonds. The Labute approximate surface area is 116 Å². The van der Waals surface area contributed by atoms with Crippen LogP contribution < -0.4 is 4.74 Å². The summed E-state index contributed by atoms with van der Waals surface area (Å²) in [6.07, 6.45) is 0. The lowest BCUT2D eigenvalue weighted by Gasteiger charge is -2.21. The fourth-order valence-electron chi connectivity index (χ4n) is 1.84. The molecule has 7 heteroatoms. The van der Waals surface area contributed by atoms with Crippen molar-refractivity contribution in [2.24, 2.45) is 0 Å². The lowest BCUT2D eigenvalue weighted by Crippen LogP contribution is -2.34. The highest BCUT2D eigenvalue weighted by Crippen LogP contribution is 2.29. The van der Waals surface area contributed by atoms with Crippen LogP contribution in [0.1, 0.15) is 24.2 Å². The second-order valence-electron chi connectivity index (χ2n) is 3.95. The molecule has 0 bridgehead atoms. The fraction of sp³-hybridized carbons (Fsp3) is 0.462. The van der Waals surface area contributed by atoms with Gasteiger partial charge in [0, 0.05) is 19.2 Å². The Bertz CT molecular complexity index is 490. The third kappa shape index (κ3) is 3.45. The summed E-state index contributed by atoms with van der Waals surface area (Å²) in [5.74, 6) is -0.333. The maximum Gasteiger partial charge on any atom is 0.285 e. The van der Waals surface area contributed by atoms with E-state index in [1.807, 2.05) is 0 Å². The third-order valence-electron chi connectivity index (χ3n) is 2.75. The number of rotatable bonds is 7. The summed E-state index contributed by atoms with van der Waals surface area (Å²) in [4.78, 5) is 24.2. The van der Waals surface area contributed by atoms with Crippen LogP contribution in [0.25, 0.3) is 0 Å². The standard InChI is InChI=1S/C13H18N2O5/c1-3-14(8-9-16)13(17)12-10(15(18)19)6-5-7-11(12)20-4-2/h5-7,16H,3-4,8-9H2,1-2H3. The Balaban J connectivity index is 3.30. The molecule has 0 saturated heterocycles. The predicted octanol–water partition coefficient (Wildman–Crippen LogP) is 1.45. The molecule has 0 aromatic heterocycles. The fourth-order valence-corrected chi connectivity index (χ4v) is 1.84. The highest BCUT2D eigenvalue weighted by molar-refractivity contribution is 6.00. The minimum absolute atomic E-state index is 0.0744. The van der Waals surface area contributed by atoms with Gasteiger partial charge < -0.3 is 14.7 Å². The van der Waals surface area contributed by atoms with Crippen molar-refractivity contribution < 1.29 is 19.6 Å². The van der Waals surface area contributed by atoms with Gasteiger partial charge in [0.2, 0.25) is 0 Å². The van der Waals surface area contributed by atoms with Crippen LogP contribution in [0.4, 0.5) is 5.69 Å². The number of benzene rings is 1. The van der Waals surface area contributed by atoms with Gasteiger partial charge in [-0.05, 0) is 19.9 Å². The minimum atomic E-state index is -0.609. The Kier molecular flexibility index (Phi) is 5.92. The third-order valence-corrected chi connectivity index (χ3v) is 2.75. The molecule has 110 valence electrons. The van der Waals surface area contributed by atoms with Crippen LogP contribution in [-0.4, -0.2) is 47.1 Å². The quantitative estimate of drug-likeness (QED) is 0.603. The molecule has 1 aromatic rings. The van der Waals surface area contributed by atoms with Gasteiger partial charge in [0.15, 0.2) is 5.56 Å². The van der Waals surface area contributed by atoms with E-state index in [-0.39, 0.29) is 30.2 Å². The van der Waals surface area contributed by atoms with E-state index >= 15 is 0 Å². The van der Waals surface area contributed by atoms with Crippen molar-refractivity contribution >= 4 is 11.6 Å². The van der Waals surface area contributed by atoms with Crippen molar-refractivity contribution in [2.75, 3.05) is 26.3 Å². The lowest BCUT2D eigenvalue weighted by molar-refractivity contribution is -0.385. The summed E-state index contributed by atoms with van der Waals surface area (Å²) in [5, 5.41) is 20.0. The molecule has 0 aliphatic heterocycles. The smallest absolute Gasteiger partial charge is 0.285 e. The second-order valence-corrected chi connectivity index (χ2v) is 3.95. The Morgan fingerprint density at radius 2 is 2.15 bits per heavy atom. The average molecular weight is 282 g/mol. The lowest BCUT2D eigenvalue weighted by atomic mass is 10.1. The molecule has 20 heavy (non-hydrogen) atoms. The summed E-state index contributed by atoms with van der Waals surface area (Å²) < 4.78 is 5.31. The molecule has 0 radical (unpaired) electrons. The van der Waals surface area contributed by atoms with Crippen LogP contribution in [0, 0.1) is 10.1 Å². The minimum Gasteiger partial charge on any atom is -0.493 e. The van der Waals surface area contributed by atoms with Gasteiger partial charge in [0.05, 0.1) is 18.1 Å². The number of amides is 1. The van der Waals surface area contributed by atoms with Gasteiger partial charge >= 0.3 is 0 Å². The zero-order chi connectivity index (χ0) is 15.1. The first-order valence-corrected chi connectivity index (χ1v) is 6.37. The van der Waals surface area contributed by atoms with Gasteiger partial charge in [0.25, 0.3) is 11.6 Å². The number of nitro groups is 1. The number of carbonyl (C=O) groups is 1. The molecule has 7 nitrogen and oxygen atoms in total. The van der Waals surface area contributed by atoms with E-state index in [1.165, 1.54) is 23.1 Å². The van der Waals surface area contributed by atoms with E-state index in [4.69, 9.17) is 9.84 Å². The van der Waals surface area contributed by atoms with Crippen molar-refractivity contribution in [3.8, 4) is 5.75 Å². The largest absolute Gasteiger partial charge is 0.493 e. The van der Waals surface area contributed by atoms with E-state index in [0.717, 1.165) is 0 Å². The van der Waals surface area contributed by atoms with Gasteiger partial charge in [-0.25, -0.2) is 0 Å². The van der Waals surface area contributed by atoms with Gasteiger partial charge in [-0.1, -0.05) is 6.07 Å². The van der Waals surface area contributed by atoms with Gasteiger partial charge in [-0.15, -0.1) is 0 Å². The van der Waals surface area contributed by atoms with E-state index in [2.05, 4.69) is 0 Å². The molecule has 1 aromatic carbocycles. The van der Waals surface area contributed by atoms with Crippen LogP contribution in [0.5, 0.6) is 5.75 Å². The van der Waals surface area contributed by atoms with E-state index in [9.17, 15) is 14.9 Å². The Morgan fingerprint density at radius 1 is 1.45 bits per heavy atom. The number of carbonyl (C=O) groups excluding carboxylic acids is 1. The normalized spacial score (nSPS) is 10.2. The molecule has 0 spiro atoms. The SMILES string of the molecule is CCOc1cccc([N+](=O)[O-])c1C(=O)N(CC)CCO. The molecule has 0 fully saturated rings. The molecular weight excluding hydrogens is 264 g/mol. The number of hydrogen-bond donors (Lipinski definition) is 1. The van der Waals surface area contributed by atoms with E-state index in [0.29, 0.717) is 13.2 Å². The van der Waals surface area contributed by atoms with Gasteiger partial charge in [-0.3, -0.25) is 14.9 Å². The monoisotopic (exact) mass is 282 g/mol. The zero-order valence-electron chi connectivity index (χ0n) is 11.5. The second kappa shape index (κ2) is 7.44. The van der Waals surface area contributed by atoms with Gasteiger partial charge in [0.1, 0.15) is 5.75 Å². The van der Waals surface area contributed by atoms with Crippen molar-refractivity contribution in [3.05, 3.63) is 33.9 Å². The number of nitro benzene ring substituents is 1. The first-order valence-electron chi connectivity index (χ1n) is 6.37. The molecule has 0 aliphatic rings. The summed E-state index contributed by atoms with van der Waals surface area (Å²) >= 11 is 0. The first-order chi connectivity index (χ1) is 9.56. The first kappa shape index (κ1) is 15.9. The Hall–Kier alpha value is -2.15. The van der Waals surface area contributed by atoms with Crippen LogP contribution >= 0.6 is 0 Å². The number of likely N-dealkylation sites (N-methyl/N-ethyl adjacent to an activating group) is 1.